The Bertz CT molecular complexity index is 1110. The molecular weight excluding hydrogens is 385 g/mol. The van der Waals surface area contributed by atoms with Crippen molar-refractivity contribution in [2.45, 2.75) is 20.1 Å². The number of halogens is 3. The summed E-state index contributed by atoms with van der Waals surface area (Å²) in [5.41, 5.74) is 2.82. The number of hydrogen-bond acceptors (Lipinski definition) is 4. The summed E-state index contributed by atoms with van der Waals surface area (Å²) in [5.74, 6) is -0.808. The van der Waals surface area contributed by atoms with Gasteiger partial charge < -0.3 is 14.8 Å². The third kappa shape index (κ3) is 3.73. The van der Waals surface area contributed by atoms with Gasteiger partial charge in [-0.25, -0.2) is 9.37 Å². The summed E-state index contributed by atoms with van der Waals surface area (Å²) in [7, 11) is 0. The molecule has 0 saturated heterocycles. The SMILES string of the molecule is Cc1ccc(F)cc1C(=O)Nc1ccc(-c2cc3c(cc2C)OC(F)(F)O3)cn1. The van der Waals surface area contributed by atoms with Gasteiger partial charge in [-0.1, -0.05) is 6.07 Å². The molecule has 1 aliphatic heterocycles. The van der Waals surface area contributed by atoms with E-state index in [2.05, 4.69) is 19.8 Å². The Hall–Kier alpha value is -3.55. The van der Waals surface area contributed by atoms with E-state index < -0.39 is 18.0 Å². The largest absolute Gasteiger partial charge is 0.586 e. The number of hydrogen-bond donors (Lipinski definition) is 1. The van der Waals surface area contributed by atoms with Crippen LogP contribution in [-0.2, 0) is 0 Å². The third-order valence-electron chi connectivity index (χ3n) is 4.51. The number of ether oxygens (including phenoxy) is 2. The number of carbonyl (C=O) groups is 1. The molecule has 5 nitrogen and oxygen atoms in total. The van der Waals surface area contributed by atoms with Crippen LogP contribution in [0.2, 0.25) is 0 Å². The Morgan fingerprint density at radius 3 is 2.41 bits per heavy atom. The van der Waals surface area contributed by atoms with Crippen LogP contribution in [0.3, 0.4) is 0 Å². The second-order valence-corrected chi connectivity index (χ2v) is 6.63. The number of aromatic nitrogens is 1. The number of rotatable bonds is 3. The quantitative estimate of drug-likeness (QED) is 0.666. The van der Waals surface area contributed by atoms with Crippen molar-refractivity contribution < 1.29 is 27.4 Å². The summed E-state index contributed by atoms with van der Waals surface area (Å²) < 4.78 is 48.8. The lowest BCUT2D eigenvalue weighted by Gasteiger charge is -2.10. The second-order valence-electron chi connectivity index (χ2n) is 6.63. The molecular formula is C21H15F3N2O3. The lowest BCUT2D eigenvalue weighted by Crippen LogP contribution is -2.25. The van der Waals surface area contributed by atoms with Gasteiger partial charge in [-0.2, -0.15) is 0 Å². The fourth-order valence-corrected chi connectivity index (χ4v) is 3.06. The summed E-state index contributed by atoms with van der Waals surface area (Å²) in [6.07, 6.45) is -2.19. The van der Waals surface area contributed by atoms with Gasteiger partial charge in [0.1, 0.15) is 11.6 Å². The van der Waals surface area contributed by atoms with Crippen molar-refractivity contribution in [1.82, 2.24) is 4.98 Å². The van der Waals surface area contributed by atoms with Crippen LogP contribution >= 0.6 is 0 Å². The van der Waals surface area contributed by atoms with E-state index in [4.69, 9.17) is 0 Å². The molecule has 1 amide bonds. The zero-order valence-corrected chi connectivity index (χ0v) is 15.4. The zero-order chi connectivity index (χ0) is 20.8. The number of fused-ring (bicyclic) bond motifs is 1. The van der Waals surface area contributed by atoms with E-state index in [1.54, 1.807) is 26.0 Å². The number of carbonyl (C=O) groups excluding carboxylic acids is 1. The standard InChI is InChI=1S/C21H15F3N2O3/c1-11-3-5-14(22)8-16(11)20(27)26-19-6-4-13(10-25-19)15-9-18-17(7-12(15)2)28-21(23,24)29-18/h3-10H,1-2H3,(H,25,26,27). The summed E-state index contributed by atoms with van der Waals surface area (Å²) in [6.45, 7) is 3.45. The lowest BCUT2D eigenvalue weighted by atomic mass is 10.0. The van der Waals surface area contributed by atoms with Crippen LogP contribution in [0.25, 0.3) is 11.1 Å². The number of amides is 1. The summed E-state index contributed by atoms with van der Waals surface area (Å²) >= 11 is 0. The monoisotopic (exact) mass is 400 g/mol. The number of benzene rings is 2. The molecule has 2 heterocycles. The van der Waals surface area contributed by atoms with Crippen molar-refractivity contribution >= 4 is 11.7 Å². The van der Waals surface area contributed by atoms with Gasteiger partial charge in [-0.3, -0.25) is 4.79 Å². The Balaban J connectivity index is 1.56. The van der Waals surface area contributed by atoms with E-state index in [0.29, 0.717) is 22.3 Å². The highest BCUT2D eigenvalue weighted by atomic mass is 19.3. The molecule has 1 aromatic heterocycles. The summed E-state index contributed by atoms with van der Waals surface area (Å²) in [5, 5.41) is 2.61. The maximum absolute atomic E-state index is 13.4. The minimum atomic E-state index is -3.69. The van der Waals surface area contributed by atoms with Crippen LogP contribution in [0.4, 0.5) is 19.0 Å². The number of aryl methyl sites for hydroxylation is 2. The topological polar surface area (TPSA) is 60.5 Å². The predicted molar refractivity (Wildman–Crippen MR) is 99.7 cm³/mol. The molecule has 0 saturated carbocycles. The highest BCUT2D eigenvalue weighted by Crippen LogP contribution is 2.44. The van der Waals surface area contributed by atoms with E-state index in [-0.39, 0.29) is 22.9 Å². The first-order chi connectivity index (χ1) is 13.7. The normalized spacial score (nSPS) is 14.0. The van der Waals surface area contributed by atoms with E-state index in [1.165, 1.54) is 30.5 Å². The van der Waals surface area contributed by atoms with Gasteiger partial charge in [0.05, 0.1) is 0 Å². The van der Waals surface area contributed by atoms with E-state index in [0.717, 1.165) is 6.07 Å². The first-order valence-electron chi connectivity index (χ1n) is 8.66. The summed E-state index contributed by atoms with van der Waals surface area (Å²) in [6, 6.07) is 10.1. The fraction of sp³-hybridized carbons (Fsp3) is 0.143. The van der Waals surface area contributed by atoms with Crippen molar-refractivity contribution in [3.05, 3.63) is 71.2 Å². The Kier molecular flexibility index (Phi) is 4.41. The van der Waals surface area contributed by atoms with Crippen LogP contribution in [0.5, 0.6) is 11.5 Å². The number of pyridine rings is 1. The van der Waals surface area contributed by atoms with Gasteiger partial charge in [0, 0.05) is 17.3 Å². The smallest absolute Gasteiger partial charge is 0.395 e. The van der Waals surface area contributed by atoms with E-state index >= 15 is 0 Å². The molecule has 0 spiro atoms. The maximum atomic E-state index is 13.4. The molecule has 1 aliphatic rings. The minimum Gasteiger partial charge on any atom is -0.395 e. The van der Waals surface area contributed by atoms with Crippen LogP contribution in [0.1, 0.15) is 21.5 Å². The summed E-state index contributed by atoms with van der Waals surface area (Å²) in [4.78, 5) is 16.6. The molecule has 0 radical (unpaired) electrons. The van der Waals surface area contributed by atoms with Crippen molar-refractivity contribution in [1.29, 1.82) is 0 Å². The van der Waals surface area contributed by atoms with Gasteiger partial charge in [-0.05, 0) is 66.9 Å². The first kappa shape index (κ1) is 18.8. The number of anilines is 1. The molecule has 0 aliphatic carbocycles. The van der Waals surface area contributed by atoms with Crippen molar-refractivity contribution in [3.63, 3.8) is 0 Å². The number of alkyl halides is 2. The highest BCUT2D eigenvalue weighted by Gasteiger charge is 2.43. The predicted octanol–water partition coefficient (Wildman–Crippen LogP) is 5.08. The molecule has 3 aromatic rings. The van der Waals surface area contributed by atoms with Crippen LogP contribution in [0.15, 0.2) is 48.7 Å². The van der Waals surface area contributed by atoms with Gasteiger partial charge in [-0.15, -0.1) is 8.78 Å². The van der Waals surface area contributed by atoms with Crippen molar-refractivity contribution in [2.24, 2.45) is 0 Å². The maximum Gasteiger partial charge on any atom is 0.586 e. The van der Waals surface area contributed by atoms with Crippen molar-refractivity contribution in [2.75, 3.05) is 5.32 Å². The Morgan fingerprint density at radius 1 is 1.00 bits per heavy atom. The molecule has 4 rings (SSSR count). The van der Waals surface area contributed by atoms with Crippen LogP contribution in [0, 0.1) is 19.7 Å². The van der Waals surface area contributed by atoms with Gasteiger partial charge in [0.2, 0.25) is 0 Å². The lowest BCUT2D eigenvalue weighted by molar-refractivity contribution is -0.286. The van der Waals surface area contributed by atoms with E-state index in [1.807, 2.05) is 0 Å². The van der Waals surface area contributed by atoms with Gasteiger partial charge in [0.25, 0.3) is 5.91 Å². The Labute approximate surface area is 164 Å². The molecule has 1 N–H and O–H groups in total. The highest BCUT2D eigenvalue weighted by molar-refractivity contribution is 6.04. The van der Waals surface area contributed by atoms with Gasteiger partial charge >= 0.3 is 6.29 Å². The van der Waals surface area contributed by atoms with Crippen LogP contribution < -0.4 is 14.8 Å². The molecule has 2 aromatic carbocycles. The van der Waals surface area contributed by atoms with E-state index in [9.17, 15) is 18.0 Å². The molecule has 8 heteroatoms. The molecule has 0 atom stereocenters. The fourth-order valence-electron chi connectivity index (χ4n) is 3.06. The average Bonchev–Trinajstić information content (AvgIpc) is 2.96. The average molecular weight is 400 g/mol. The molecule has 0 fully saturated rings. The number of nitrogens with one attached hydrogen (secondary N) is 1. The van der Waals surface area contributed by atoms with Crippen LogP contribution in [-0.4, -0.2) is 17.2 Å². The van der Waals surface area contributed by atoms with Gasteiger partial charge in [0.15, 0.2) is 11.5 Å². The third-order valence-corrected chi connectivity index (χ3v) is 4.51. The molecule has 0 bridgehead atoms. The first-order valence-corrected chi connectivity index (χ1v) is 8.66. The second kappa shape index (κ2) is 6.80. The zero-order valence-electron chi connectivity index (χ0n) is 15.4. The van der Waals surface area contributed by atoms with Crippen molar-refractivity contribution in [3.8, 4) is 22.6 Å². The minimum absolute atomic E-state index is 0.0291. The Morgan fingerprint density at radius 2 is 1.72 bits per heavy atom. The molecule has 29 heavy (non-hydrogen) atoms. The number of nitrogens with zero attached hydrogens (tertiary/aromatic N) is 1. The molecule has 148 valence electrons. The molecule has 0 unspecified atom stereocenters.